The molecule has 0 amide bonds. The van der Waals surface area contributed by atoms with Gasteiger partial charge in [0.1, 0.15) is 12.4 Å². The van der Waals surface area contributed by atoms with Gasteiger partial charge >= 0.3 is 19.0 Å². The Morgan fingerprint density at radius 2 is 1.95 bits per heavy atom. The van der Waals surface area contributed by atoms with Crippen molar-refractivity contribution in [3.05, 3.63) is 51.3 Å². The molecule has 0 saturated heterocycles. The van der Waals surface area contributed by atoms with Gasteiger partial charge in [-0.2, -0.15) is 0 Å². The van der Waals surface area contributed by atoms with Crippen LogP contribution < -0.4 is 20.7 Å². The molecular formula is C31H40BN3O8Si. The Balaban J connectivity index is 1.75. The van der Waals surface area contributed by atoms with Gasteiger partial charge in [0.15, 0.2) is 6.79 Å². The third-order valence-electron chi connectivity index (χ3n) is 9.30. The van der Waals surface area contributed by atoms with Crippen LogP contribution in [0.15, 0.2) is 29.1 Å². The van der Waals surface area contributed by atoms with Gasteiger partial charge in [0.2, 0.25) is 5.60 Å². The number of nitrogens with one attached hydrogen (secondary N) is 1. The van der Waals surface area contributed by atoms with Crippen LogP contribution in [0.1, 0.15) is 50.8 Å². The zero-order valence-corrected chi connectivity index (χ0v) is 27.6. The van der Waals surface area contributed by atoms with Crippen molar-refractivity contribution in [1.82, 2.24) is 14.8 Å². The molecule has 13 heteroatoms. The normalized spacial score (nSPS) is 17.5. The Labute approximate surface area is 258 Å². The summed E-state index contributed by atoms with van der Waals surface area (Å²) in [5.74, 6) is -0.827. The van der Waals surface area contributed by atoms with Gasteiger partial charge in [-0.3, -0.25) is 9.59 Å². The van der Waals surface area contributed by atoms with Crippen LogP contribution in [0, 0.1) is 0 Å². The van der Waals surface area contributed by atoms with Gasteiger partial charge < -0.3 is 33.8 Å². The number of benzene rings is 1. The van der Waals surface area contributed by atoms with Gasteiger partial charge in [-0.05, 0) is 53.3 Å². The molecule has 44 heavy (non-hydrogen) atoms. The van der Waals surface area contributed by atoms with Crippen molar-refractivity contribution in [2.24, 2.45) is 0 Å². The van der Waals surface area contributed by atoms with E-state index < -0.39 is 32.7 Å². The minimum absolute atomic E-state index is 0.0383. The van der Waals surface area contributed by atoms with Gasteiger partial charge in [0.25, 0.3) is 5.56 Å². The molecule has 0 saturated carbocycles. The number of hydrogen-bond acceptors (Lipinski definition) is 10. The van der Waals surface area contributed by atoms with E-state index in [1.54, 1.807) is 24.7 Å². The highest BCUT2D eigenvalue weighted by atomic mass is 28.3. The van der Waals surface area contributed by atoms with Gasteiger partial charge in [-0.1, -0.05) is 40.8 Å². The molecule has 2 aromatic heterocycles. The highest BCUT2D eigenvalue weighted by Crippen LogP contribution is 2.43. The van der Waals surface area contributed by atoms with Gasteiger partial charge in [-0.25, -0.2) is 9.78 Å². The number of esters is 2. The molecule has 0 radical (unpaired) electrons. The highest BCUT2D eigenvalue weighted by Gasteiger charge is 2.51. The number of aromatic nitrogens is 2. The topological polar surface area (TPSA) is 138 Å². The van der Waals surface area contributed by atoms with Crippen LogP contribution in [-0.2, 0) is 42.6 Å². The van der Waals surface area contributed by atoms with Crippen molar-refractivity contribution >= 4 is 43.2 Å². The summed E-state index contributed by atoms with van der Waals surface area (Å²) >= 11 is 0. The van der Waals surface area contributed by atoms with E-state index in [0.717, 1.165) is 16.5 Å². The summed E-state index contributed by atoms with van der Waals surface area (Å²) in [5.41, 5.74) is 1.44. The number of carbonyl (C=O) groups is 2. The molecule has 3 aromatic rings. The third kappa shape index (κ3) is 5.15. The maximum atomic E-state index is 14.1. The van der Waals surface area contributed by atoms with E-state index >= 15 is 0 Å². The lowest BCUT2D eigenvalue weighted by molar-refractivity contribution is -0.188. The fourth-order valence-corrected chi connectivity index (χ4v) is 8.56. The van der Waals surface area contributed by atoms with Crippen LogP contribution in [0.5, 0.6) is 5.75 Å². The quantitative estimate of drug-likeness (QED) is 0.163. The lowest BCUT2D eigenvalue weighted by atomic mass is 9.85. The number of cyclic esters (lactones) is 1. The van der Waals surface area contributed by atoms with E-state index in [9.17, 15) is 19.4 Å². The molecule has 2 N–H and O–H groups in total. The number of fused-ring (bicyclic) bond motifs is 5. The number of pyridine rings is 2. The number of ether oxygens (including phenoxy) is 4. The first kappa shape index (κ1) is 31.9. The van der Waals surface area contributed by atoms with Gasteiger partial charge in [0, 0.05) is 18.1 Å². The molecule has 1 aromatic carbocycles. The number of carbonyl (C=O) groups excluding carboxylic acids is 2. The number of nitrogens with zero attached hydrogens (tertiary/aromatic N) is 2. The molecule has 0 fully saturated rings. The number of methoxy groups -OCH3 is 1. The van der Waals surface area contributed by atoms with E-state index in [1.807, 2.05) is 18.2 Å². The number of rotatable bonds is 9. The van der Waals surface area contributed by atoms with Gasteiger partial charge in [0.05, 0.1) is 43.6 Å². The molecule has 5 rings (SSSR count). The second kappa shape index (κ2) is 11.4. The van der Waals surface area contributed by atoms with E-state index in [4.69, 9.17) is 23.9 Å². The Morgan fingerprint density at radius 3 is 2.59 bits per heavy atom. The number of hydrogen-bond donors (Lipinski definition) is 2. The average Bonchev–Trinajstić information content (AvgIpc) is 3.32. The summed E-state index contributed by atoms with van der Waals surface area (Å²) in [6.45, 7) is 14.5. The highest BCUT2D eigenvalue weighted by molar-refractivity contribution is 6.94. The molecule has 0 unspecified atom stereocenters. The molecule has 234 valence electrons. The maximum absolute atomic E-state index is 14.1. The smallest absolute Gasteiger partial charge is 0.374 e. The summed E-state index contributed by atoms with van der Waals surface area (Å²) in [4.78, 5) is 45.4. The van der Waals surface area contributed by atoms with Crippen LogP contribution in [0.4, 0.5) is 0 Å². The summed E-state index contributed by atoms with van der Waals surface area (Å²) in [6, 6.07) is 7.54. The molecule has 1 atom stereocenters. The lowest BCUT2D eigenvalue weighted by Gasteiger charge is -2.39. The molecule has 0 aliphatic carbocycles. The standard InChI is InChI=1S/C31H40BN3O8Si/c1-9-31(43-25(36)14-33-32(5)39)22-13-24-26-20(15-35(24)28(37)21(22)16-41-29(31)38)27(44(7,8)30(2,3)4)19-12-18(42-17-40-6)10-11-23(19)34-26/h10-13,33,39H,9,14-17H2,1-8H3/t31-/m0/s1. The SMILES string of the molecule is CC[C@@]1(OC(=O)CNB(C)O)C(=O)OCc2c1cc1n(c2=O)Cc2c-1nc1ccc(OCOC)cc1c2[Si](C)(C)C(C)(C)C. The summed E-state index contributed by atoms with van der Waals surface area (Å²) < 4.78 is 23.8. The van der Waals surface area contributed by atoms with Crippen LogP contribution in [0.25, 0.3) is 22.3 Å². The zero-order valence-electron chi connectivity index (χ0n) is 26.6. The van der Waals surface area contributed by atoms with Crippen molar-refractivity contribution in [3.63, 3.8) is 0 Å². The van der Waals surface area contributed by atoms with E-state index in [0.29, 0.717) is 29.2 Å². The lowest BCUT2D eigenvalue weighted by Crippen LogP contribution is -2.51. The average molecular weight is 622 g/mol. The van der Waals surface area contributed by atoms with Crippen LogP contribution in [-0.4, -0.2) is 62.1 Å². The monoisotopic (exact) mass is 621 g/mol. The van der Waals surface area contributed by atoms with Gasteiger partial charge in [-0.15, -0.1) is 0 Å². The fraction of sp³-hybridized carbons (Fsp3) is 0.484. The molecule has 0 bridgehead atoms. The second-order valence-electron chi connectivity index (χ2n) is 13.0. The minimum Gasteiger partial charge on any atom is -0.468 e. The molecule has 4 heterocycles. The molecular weight excluding hydrogens is 581 g/mol. The Kier molecular flexibility index (Phi) is 8.29. The van der Waals surface area contributed by atoms with Crippen molar-refractivity contribution in [2.75, 3.05) is 20.4 Å². The zero-order chi connectivity index (χ0) is 32.2. The van der Waals surface area contributed by atoms with Crippen LogP contribution in [0.3, 0.4) is 0 Å². The first-order valence-corrected chi connectivity index (χ1v) is 17.8. The predicted molar refractivity (Wildman–Crippen MR) is 170 cm³/mol. The first-order chi connectivity index (χ1) is 20.7. The molecule has 11 nitrogen and oxygen atoms in total. The van der Waals surface area contributed by atoms with E-state index in [1.165, 1.54) is 12.0 Å². The van der Waals surface area contributed by atoms with Crippen LogP contribution in [0.2, 0.25) is 25.0 Å². The van der Waals surface area contributed by atoms with Crippen molar-refractivity contribution < 1.29 is 33.6 Å². The summed E-state index contributed by atoms with van der Waals surface area (Å²) in [6.07, 6.45) is 0.0552. The molecule has 2 aliphatic rings. The van der Waals surface area contributed by atoms with Crippen molar-refractivity contribution in [1.29, 1.82) is 0 Å². The predicted octanol–water partition coefficient (Wildman–Crippen LogP) is 3.03. The Hall–Kier alpha value is -3.52. The molecule has 0 spiro atoms. The van der Waals surface area contributed by atoms with Crippen molar-refractivity contribution in [3.8, 4) is 17.1 Å². The fourth-order valence-electron chi connectivity index (χ4n) is 5.98. The second-order valence-corrected chi connectivity index (χ2v) is 18.3. The minimum atomic E-state index is -2.25. The van der Waals surface area contributed by atoms with Crippen LogP contribution >= 0.6 is 0 Å². The Morgan fingerprint density at radius 1 is 1.23 bits per heavy atom. The van der Waals surface area contributed by atoms with E-state index in [2.05, 4.69) is 39.1 Å². The maximum Gasteiger partial charge on any atom is 0.374 e. The molecule has 2 aliphatic heterocycles. The summed E-state index contributed by atoms with van der Waals surface area (Å²) in [7, 11) is -1.63. The Bertz CT molecular complexity index is 1710. The van der Waals surface area contributed by atoms with Crippen molar-refractivity contribution in [2.45, 2.75) is 77.8 Å². The van der Waals surface area contributed by atoms with E-state index in [-0.39, 0.29) is 42.5 Å². The largest absolute Gasteiger partial charge is 0.468 e. The summed E-state index contributed by atoms with van der Waals surface area (Å²) in [5, 5.41) is 14.3. The third-order valence-corrected chi connectivity index (χ3v) is 14.9. The first-order valence-electron chi connectivity index (χ1n) is 14.8.